The lowest BCUT2D eigenvalue weighted by Gasteiger charge is -2.19. The molecule has 0 bridgehead atoms. The van der Waals surface area contributed by atoms with Crippen molar-refractivity contribution in [1.29, 1.82) is 0 Å². The van der Waals surface area contributed by atoms with Crippen molar-refractivity contribution in [1.82, 2.24) is 0 Å². The van der Waals surface area contributed by atoms with Crippen molar-refractivity contribution < 1.29 is 8.83 Å². The topological polar surface area (TPSA) is 26.3 Å². The quantitative estimate of drug-likeness (QED) is 0.127. The molecule has 0 fully saturated rings. The highest BCUT2D eigenvalue weighted by atomic mass is 16.3. The maximum absolute atomic E-state index is 6.68. The molecule has 0 unspecified atom stereocenters. The zero-order chi connectivity index (χ0) is 58.7. The maximum Gasteiger partial charge on any atom is 0.143 e. The molecule has 0 saturated heterocycles. The third-order valence-corrected chi connectivity index (χ3v) is 19.7. The predicted molar refractivity (Wildman–Crippen MR) is 383 cm³/mol. The summed E-state index contributed by atoms with van der Waals surface area (Å²) in [4.78, 5) is 0. The zero-order valence-corrected chi connectivity index (χ0v) is 48.7. The first kappa shape index (κ1) is 49.3. The molecule has 20 aromatic rings. The molecular formula is C88H50O2. The third kappa shape index (κ3) is 7.22. The lowest BCUT2D eigenvalue weighted by atomic mass is 9.84. The van der Waals surface area contributed by atoms with E-state index in [1.165, 1.54) is 147 Å². The van der Waals surface area contributed by atoms with Crippen molar-refractivity contribution in [3.8, 4) is 55.6 Å². The Balaban J connectivity index is 0.736. The maximum atomic E-state index is 6.68. The Kier molecular flexibility index (Phi) is 10.3. The first-order valence-corrected chi connectivity index (χ1v) is 31.1. The zero-order valence-electron chi connectivity index (χ0n) is 48.7. The molecule has 0 N–H and O–H groups in total. The second kappa shape index (κ2) is 18.8. The molecule has 2 aromatic heterocycles. The number of hydrogen-bond acceptors (Lipinski definition) is 2. The van der Waals surface area contributed by atoms with Crippen molar-refractivity contribution in [2.45, 2.75) is 0 Å². The third-order valence-electron chi connectivity index (χ3n) is 19.7. The minimum absolute atomic E-state index is 0.891. The van der Waals surface area contributed by atoms with Crippen molar-refractivity contribution in [3.63, 3.8) is 0 Å². The SMILES string of the molecule is c1ccc2c(c1)ccc1ccc(-c3c4ccccc4c(-c4ccc5oc6c7ccccc7ccc6c5c4)c4ccc(-c5ccc6c(ccc7cc(-c8c9ccccc9c(-c9ccc%10oc%11c%12ccccc%12ccc%11c%10c9)c9ccccc89)ccc76)c5)cc34)cc12. The number of benzene rings is 18. The molecule has 0 aliphatic carbocycles. The Morgan fingerprint density at radius 1 is 0.144 bits per heavy atom. The van der Waals surface area contributed by atoms with Gasteiger partial charge in [-0.2, -0.15) is 0 Å². The molecule has 0 amide bonds. The monoisotopic (exact) mass is 1140 g/mol. The van der Waals surface area contributed by atoms with Crippen LogP contribution in [0.4, 0.5) is 0 Å². The van der Waals surface area contributed by atoms with Gasteiger partial charge < -0.3 is 8.83 Å². The van der Waals surface area contributed by atoms with Gasteiger partial charge in [0.1, 0.15) is 22.3 Å². The molecule has 2 heterocycles. The van der Waals surface area contributed by atoms with Gasteiger partial charge in [-0.25, -0.2) is 0 Å². The Morgan fingerprint density at radius 3 is 0.911 bits per heavy atom. The van der Waals surface area contributed by atoms with Crippen LogP contribution in [-0.2, 0) is 0 Å². The van der Waals surface area contributed by atoms with Crippen molar-refractivity contribution in [2.24, 2.45) is 0 Å². The molecular weight excluding hydrogens is 1090 g/mol. The summed E-state index contributed by atoms with van der Waals surface area (Å²) in [7, 11) is 0. The van der Waals surface area contributed by atoms with E-state index in [1.54, 1.807) is 0 Å². The normalized spacial score (nSPS) is 12.2. The van der Waals surface area contributed by atoms with Crippen molar-refractivity contribution in [3.05, 3.63) is 303 Å². The van der Waals surface area contributed by atoms with Gasteiger partial charge in [0, 0.05) is 32.3 Å². The van der Waals surface area contributed by atoms with Crippen LogP contribution < -0.4 is 0 Å². The molecule has 0 aliphatic rings. The summed E-state index contributed by atoms with van der Waals surface area (Å²) < 4.78 is 13.3. The van der Waals surface area contributed by atoms with Gasteiger partial charge in [0.15, 0.2) is 0 Å². The van der Waals surface area contributed by atoms with Crippen LogP contribution in [0.5, 0.6) is 0 Å². The number of fused-ring (bicyclic) bond motifs is 20. The fourth-order valence-electron chi connectivity index (χ4n) is 15.6. The number of furan rings is 2. The van der Waals surface area contributed by atoms with Crippen LogP contribution in [-0.4, -0.2) is 0 Å². The van der Waals surface area contributed by atoms with Crippen LogP contribution in [0.3, 0.4) is 0 Å². The van der Waals surface area contributed by atoms with Gasteiger partial charge in [0.25, 0.3) is 0 Å². The van der Waals surface area contributed by atoms with Crippen LogP contribution in [0.1, 0.15) is 0 Å². The molecule has 90 heavy (non-hydrogen) atoms. The fraction of sp³-hybridized carbons (Fsp3) is 0. The van der Waals surface area contributed by atoms with E-state index in [9.17, 15) is 0 Å². The van der Waals surface area contributed by atoms with E-state index in [-0.39, 0.29) is 0 Å². The second-order valence-electron chi connectivity index (χ2n) is 24.5. The van der Waals surface area contributed by atoms with Crippen LogP contribution >= 0.6 is 0 Å². The van der Waals surface area contributed by atoms with E-state index in [1.807, 2.05) is 0 Å². The highest BCUT2D eigenvalue weighted by Gasteiger charge is 2.23. The van der Waals surface area contributed by atoms with Gasteiger partial charge in [-0.05, 0) is 213 Å². The molecule has 0 atom stereocenters. The van der Waals surface area contributed by atoms with Gasteiger partial charge >= 0.3 is 0 Å². The van der Waals surface area contributed by atoms with E-state index >= 15 is 0 Å². The summed E-state index contributed by atoms with van der Waals surface area (Å²) in [5.74, 6) is 0. The standard InChI is InChI=1S/C88H50O2/c1-4-16-63-51(13-1)25-26-54-27-30-60(48-77(54)63)86-73-24-12-11-23-72(73)85(62-37-44-82-79(50-62)76-42-32-53-15-3-6-18-67(53)88(76)90-82)74-40-34-56(47-80(74)86)55-33-38-64-57(45-55)28-29-58-46-59(35-39-65(58)64)83-68-19-7-9-21-70(68)84(71-22-10-8-20-69(71)83)61-36-43-81-78(49-61)75-41-31-52-14-2-5-17-66(52)87(75)89-81/h1-50H. The summed E-state index contributed by atoms with van der Waals surface area (Å²) in [6.07, 6.45) is 0. The molecule has 2 nitrogen and oxygen atoms in total. The van der Waals surface area contributed by atoms with Crippen molar-refractivity contribution in [2.75, 3.05) is 0 Å². The summed E-state index contributed by atoms with van der Waals surface area (Å²) in [5, 5.41) is 28.8. The van der Waals surface area contributed by atoms with E-state index < -0.39 is 0 Å². The lowest BCUT2D eigenvalue weighted by Crippen LogP contribution is -1.92. The molecule has 0 aliphatic heterocycles. The van der Waals surface area contributed by atoms with Crippen molar-refractivity contribution >= 4 is 152 Å². The minimum Gasteiger partial charge on any atom is -0.455 e. The van der Waals surface area contributed by atoms with Crippen LogP contribution in [0.15, 0.2) is 312 Å². The molecule has 2 heteroatoms. The van der Waals surface area contributed by atoms with Crippen LogP contribution in [0.25, 0.3) is 207 Å². The molecule has 0 spiro atoms. The largest absolute Gasteiger partial charge is 0.455 e. The molecule has 414 valence electrons. The second-order valence-corrected chi connectivity index (χ2v) is 24.5. The van der Waals surface area contributed by atoms with E-state index in [0.29, 0.717) is 0 Å². The molecule has 0 radical (unpaired) electrons. The van der Waals surface area contributed by atoms with Gasteiger partial charge in [-0.3, -0.25) is 0 Å². The Morgan fingerprint density at radius 2 is 0.411 bits per heavy atom. The van der Waals surface area contributed by atoms with Gasteiger partial charge in [-0.1, -0.05) is 243 Å². The van der Waals surface area contributed by atoms with E-state index in [2.05, 4.69) is 303 Å². The number of hydrogen-bond donors (Lipinski definition) is 0. The van der Waals surface area contributed by atoms with Gasteiger partial charge in [0.2, 0.25) is 0 Å². The molecule has 18 aromatic carbocycles. The Hall–Kier alpha value is -11.8. The Bertz CT molecular complexity index is 6470. The first-order valence-electron chi connectivity index (χ1n) is 31.1. The number of rotatable bonds is 5. The van der Waals surface area contributed by atoms with E-state index in [0.717, 1.165) is 60.2 Å². The summed E-state index contributed by atoms with van der Waals surface area (Å²) in [5.41, 5.74) is 15.7. The average molecular weight is 1140 g/mol. The Labute approximate surface area is 516 Å². The highest BCUT2D eigenvalue weighted by molar-refractivity contribution is 6.26. The van der Waals surface area contributed by atoms with Crippen LogP contribution in [0, 0.1) is 0 Å². The summed E-state index contributed by atoms with van der Waals surface area (Å²) >= 11 is 0. The first-order chi connectivity index (χ1) is 44.6. The highest BCUT2D eigenvalue weighted by Crippen LogP contribution is 2.50. The predicted octanol–water partition coefficient (Wildman–Crippen LogP) is 25.4. The molecule has 0 saturated carbocycles. The van der Waals surface area contributed by atoms with E-state index in [4.69, 9.17) is 8.83 Å². The minimum atomic E-state index is 0.891. The fourth-order valence-corrected chi connectivity index (χ4v) is 15.6. The summed E-state index contributed by atoms with van der Waals surface area (Å²) in [6, 6.07) is 113. The van der Waals surface area contributed by atoms with Gasteiger partial charge in [-0.15, -0.1) is 0 Å². The van der Waals surface area contributed by atoms with Gasteiger partial charge in [0.05, 0.1) is 0 Å². The average Bonchev–Trinajstić information content (AvgIpc) is 1.54. The summed E-state index contributed by atoms with van der Waals surface area (Å²) in [6.45, 7) is 0. The lowest BCUT2D eigenvalue weighted by molar-refractivity contribution is 0.672. The smallest absolute Gasteiger partial charge is 0.143 e. The molecule has 20 rings (SSSR count). The van der Waals surface area contributed by atoms with Crippen LogP contribution in [0.2, 0.25) is 0 Å².